The molecule has 0 bridgehead atoms. The van der Waals surface area contributed by atoms with Crippen molar-refractivity contribution in [1.29, 1.82) is 0 Å². The Morgan fingerprint density at radius 2 is 1.87 bits per heavy atom. The highest BCUT2D eigenvalue weighted by molar-refractivity contribution is 5.87. The van der Waals surface area contributed by atoms with E-state index in [1.807, 2.05) is 47.6 Å². The van der Waals surface area contributed by atoms with Crippen LogP contribution >= 0.6 is 0 Å². The number of allylic oxidation sites excluding steroid dienone is 1. The molecule has 0 aromatic rings. The number of ketones is 2. The van der Waals surface area contributed by atoms with Gasteiger partial charge in [-0.05, 0) is 65.4 Å². The Balaban J connectivity index is 2.19. The van der Waals surface area contributed by atoms with Gasteiger partial charge in [-0.2, -0.15) is 0 Å². The lowest BCUT2D eigenvalue weighted by atomic mass is 9.73. The molecule has 2 fully saturated rings. The maximum absolute atomic E-state index is 13.7. The number of ether oxygens (including phenoxy) is 4. The van der Waals surface area contributed by atoms with E-state index in [9.17, 15) is 9.59 Å². The highest BCUT2D eigenvalue weighted by atomic mass is 16.7. The van der Waals surface area contributed by atoms with Crippen LogP contribution < -0.4 is 0 Å². The summed E-state index contributed by atoms with van der Waals surface area (Å²) in [7, 11) is 0. The van der Waals surface area contributed by atoms with E-state index in [0.717, 1.165) is 24.8 Å². The predicted octanol–water partition coefficient (Wildman–Crippen LogP) is 4.99. The summed E-state index contributed by atoms with van der Waals surface area (Å²) in [5, 5.41) is 0. The molecule has 2 saturated heterocycles. The highest BCUT2D eigenvalue weighted by Gasteiger charge is 2.46. The lowest BCUT2D eigenvalue weighted by molar-refractivity contribution is -0.289. The van der Waals surface area contributed by atoms with Crippen LogP contribution in [0.4, 0.5) is 0 Å². The molecule has 6 nitrogen and oxygen atoms in total. The molecule has 0 N–H and O–H groups in total. The molecule has 4 atom stereocenters. The van der Waals surface area contributed by atoms with Gasteiger partial charge >= 0.3 is 0 Å². The topological polar surface area (TPSA) is 71.1 Å². The average Bonchev–Trinajstić information content (AvgIpc) is 2.70. The van der Waals surface area contributed by atoms with Crippen molar-refractivity contribution in [2.75, 3.05) is 13.2 Å². The molecule has 6 heteroatoms. The van der Waals surface area contributed by atoms with Crippen molar-refractivity contribution < 1.29 is 28.5 Å². The molecule has 2 aliphatic heterocycles. The van der Waals surface area contributed by atoms with Gasteiger partial charge in [0.2, 0.25) is 0 Å². The van der Waals surface area contributed by atoms with Crippen molar-refractivity contribution >= 4 is 11.6 Å². The van der Waals surface area contributed by atoms with Crippen molar-refractivity contribution in [2.45, 2.75) is 111 Å². The van der Waals surface area contributed by atoms with E-state index in [4.69, 9.17) is 18.9 Å². The molecular weight excluding hydrogens is 396 g/mol. The lowest BCUT2D eigenvalue weighted by Gasteiger charge is -2.44. The molecule has 0 aliphatic carbocycles. The maximum atomic E-state index is 13.7. The molecule has 0 aromatic heterocycles. The minimum Gasteiger partial charge on any atom is -0.353 e. The van der Waals surface area contributed by atoms with Crippen molar-refractivity contribution in [3.8, 4) is 0 Å². The zero-order chi connectivity index (χ0) is 23.2. The molecule has 0 amide bonds. The monoisotopic (exact) mass is 438 g/mol. The highest BCUT2D eigenvalue weighted by Crippen LogP contribution is 2.38. The first-order valence-corrected chi connectivity index (χ1v) is 11.7. The SMILES string of the molecule is CC(=O)CCC=C(C)C(OC1CCCCO1)[C@@H](C)C(=O)C(C)(C)[C@@H]1CCOC(C)(C)O1. The minimum atomic E-state index is -0.696. The molecule has 2 rings (SSSR count). The van der Waals surface area contributed by atoms with E-state index in [2.05, 4.69) is 0 Å². The fourth-order valence-corrected chi connectivity index (χ4v) is 4.46. The van der Waals surface area contributed by atoms with E-state index in [1.54, 1.807) is 6.92 Å². The lowest BCUT2D eigenvalue weighted by Crippen LogP contribution is -2.51. The molecule has 2 aliphatic rings. The second-order valence-electron chi connectivity index (χ2n) is 10.1. The molecule has 0 spiro atoms. The van der Waals surface area contributed by atoms with Gasteiger partial charge in [0.1, 0.15) is 11.6 Å². The maximum Gasteiger partial charge on any atom is 0.163 e. The zero-order valence-corrected chi connectivity index (χ0v) is 20.5. The fraction of sp³-hybridized carbons (Fsp3) is 0.840. The Hall–Kier alpha value is -1.08. The van der Waals surface area contributed by atoms with Crippen LogP contribution in [0.5, 0.6) is 0 Å². The van der Waals surface area contributed by atoms with E-state index in [-0.39, 0.29) is 29.9 Å². The molecule has 2 heterocycles. The molecule has 178 valence electrons. The van der Waals surface area contributed by atoms with Crippen molar-refractivity contribution in [1.82, 2.24) is 0 Å². The van der Waals surface area contributed by atoms with Crippen LogP contribution in [0.3, 0.4) is 0 Å². The second-order valence-corrected chi connectivity index (χ2v) is 10.1. The van der Waals surface area contributed by atoms with Gasteiger partial charge < -0.3 is 23.7 Å². The molecule has 2 unspecified atom stereocenters. The van der Waals surface area contributed by atoms with Crippen LogP contribution in [0, 0.1) is 11.3 Å². The van der Waals surface area contributed by atoms with Gasteiger partial charge in [0.15, 0.2) is 12.1 Å². The molecule has 0 saturated carbocycles. The fourth-order valence-electron chi connectivity index (χ4n) is 4.46. The van der Waals surface area contributed by atoms with Crippen LogP contribution in [0.1, 0.15) is 87.0 Å². The number of Topliss-reactive ketones (excluding diaryl/α,β-unsaturated/α-hetero) is 2. The van der Waals surface area contributed by atoms with Crippen LogP contribution in [-0.2, 0) is 28.5 Å². The van der Waals surface area contributed by atoms with E-state index >= 15 is 0 Å². The van der Waals surface area contributed by atoms with Crippen LogP contribution in [0.15, 0.2) is 11.6 Å². The average molecular weight is 439 g/mol. The van der Waals surface area contributed by atoms with Gasteiger partial charge in [-0.1, -0.05) is 26.8 Å². The van der Waals surface area contributed by atoms with Gasteiger partial charge in [-0.3, -0.25) is 4.79 Å². The summed E-state index contributed by atoms with van der Waals surface area (Å²) in [5.41, 5.74) is 0.287. The van der Waals surface area contributed by atoms with E-state index in [0.29, 0.717) is 32.5 Å². The summed E-state index contributed by atoms with van der Waals surface area (Å²) in [6, 6.07) is 0. The molecule has 31 heavy (non-hydrogen) atoms. The molecular formula is C25H42O6. The molecule has 0 radical (unpaired) electrons. The Morgan fingerprint density at radius 3 is 2.45 bits per heavy atom. The largest absolute Gasteiger partial charge is 0.353 e. The first-order chi connectivity index (χ1) is 14.4. The summed E-state index contributed by atoms with van der Waals surface area (Å²) < 4.78 is 24.0. The number of hydrogen-bond acceptors (Lipinski definition) is 6. The third-order valence-electron chi connectivity index (χ3n) is 6.41. The van der Waals surface area contributed by atoms with E-state index in [1.165, 1.54) is 0 Å². The summed E-state index contributed by atoms with van der Waals surface area (Å²) in [6.07, 6.45) is 5.86. The van der Waals surface area contributed by atoms with Crippen molar-refractivity contribution in [2.24, 2.45) is 11.3 Å². The number of rotatable bonds is 10. The summed E-state index contributed by atoms with van der Waals surface area (Å²) >= 11 is 0. The first-order valence-electron chi connectivity index (χ1n) is 11.7. The summed E-state index contributed by atoms with van der Waals surface area (Å²) in [6.45, 7) is 14.5. The number of hydrogen-bond donors (Lipinski definition) is 0. The third kappa shape index (κ3) is 7.48. The Kier molecular flexibility index (Phi) is 9.43. The quantitative estimate of drug-likeness (QED) is 0.448. The predicted molar refractivity (Wildman–Crippen MR) is 120 cm³/mol. The molecule has 0 aromatic carbocycles. The van der Waals surface area contributed by atoms with Gasteiger partial charge in [0.05, 0.1) is 24.2 Å². The second kappa shape index (κ2) is 11.2. The van der Waals surface area contributed by atoms with E-state index < -0.39 is 17.3 Å². The normalized spacial score (nSPS) is 26.9. The van der Waals surface area contributed by atoms with Crippen molar-refractivity contribution in [3.63, 3.8) is 0 Å². The van der Waals surface area contributed by atoms with Crippen LogP contribution in [0.2, 0.25) is 0 Å². The minimum absolute atomic E-state index is 0.107. The zero-order valence-electron chi connectivity index (χ0n) is 20.5. The Bertz CT molecular complexity index is 644. The third-order valence-corrected chi connectivity index (χ3v) is 6.41. The Morgan fingerprint density at radius 1 is 1.16 bits per heavy atom. The van der Waals surface area contributed by atoms with Gasteiger partial charge in [-0.15, -0.1) is 0 Å². The Labute approximate surface area is 188 Å². The standard InChI is InChI=1S/C25H42O6/c1-17(11-10-12-18(2)26)22(30-21-13-8-9-15-28-21)19(3)23(27)24(4,5)20-14-16-29-25(6,7)31-20/h11,19-22H,8-10,12-16H2,1-7H3/t19-,20+,21?,22?/m1/s1. The van der Waals surface area contributed by atoms with Crippen molar-refractivity contribution in [3.05, 3.63) is 11.6 Å². The number of carbonyl (C=O) groups excluding carboxylic acids is 2. The van der Waals surface area contributed by atoms with Gasteiger partial charge in [-0.25, -0.2) is 0 Å². The van der Waals surface area contributed by atoms with Crippen LogP contribution in [-0.4, -0.2) is 49.1 Å². The summed E-state index contributed by atoms with van der Waals surface area (Å²) in [5.74, 6) is -0.807. The first kappa shape index (κ1) is 26.2. The van der Waals surface area contributed by atoms with Gasteiger partial charge in [0, 0.05) is 18.9 Å². The van der Waals surface area contributed by atoms with Gasteiger partial charge in [0.25, 0.3) is 0 Å². The summed E-state index contributed by atoms with van der Waals surface area (Å²) in [4.78, 5) is 25.1. The number of carbonyl (C=O) groups is 2. The smallest absolute Gasteiger partial charge is 0.163 e. The van der Waals surface area contributed by atoms with Crippen LogP contribution in [0.25, 0.3) is 0 Å².